The Bertz CT molecular complexity index is 1090. The zero-order chi connectivity index (χ0) is 22.9. The van der Waals surface area contributed by atoms with Crippen molar-refractivity contribution in [1.29, 1.82) is 0 Å². The van der Waals surface area contributed by atoms with Crippen molar-refractivity contribution in [3.63, 3.8) is 0 Å². The van der Waals surface area contributed by atoms with Crippen LogP contribution in [-0.2, 0) is 24.1 Å². The average molecular weight is 471 g/mol. The van der Waals surface area contributed by atoms with Crippen molar-refractivity contribution in [1.82, 2.24) is 15.3 Å². The van der Waals surface area contributed by atoms with Crippen molar-refractivity contribution < 1.29 is 28.0 Å². The summed E-state index contributed by atoms with van der Waals surface area (Å²) >= 11 is 0. The predicted molar refractivity (Wildman–Crippen MR) is 123 cm³/mol. The van der Waals surface area contributed by atoms with Crippen molar-refractivity contribution in [3.8, 4) is 5.75 Å². The third-order valence-electron chi connectivity index (χ3n) is 5.42. The van der Waals surface area contributed by atoms with Crippen LogP contribution in [0.1, 0.15) is 41.1 Å². The number of hydrogen-bond acceptors (Lipinski definition) is 4. The molecule has 3 rings (SSSR count). The van der Waals surface area contributed by atoms with Gasteiger partial charge in [0.1, 0.15) is 11.4 Å². The third-order valence-corrected chi connectivity index (χ3v) is 5.42. The first-order valence-corrected chi connectivity index (χ1v) is 10.9. The second kappa shape index (κ2) is 12.8. The standard InChI is InChI=1S/C25H30N4O3.ClH/c1-17-22(29-25(32)23(28-17)16-18-7-3-2-4-8-18)9-5-6-14-27-24(31)21(26)15-19-10-12-20(30)13-11-19;/h2-4,7-8,10-13,21,30H,5-6,9,14-16,26H2,1H3,(H,27,31)(H,29,32);1H/t21-;/m0./s1. The highest BCUT2D eigenvalue weighted by Crippen LogP contribution is 2.11. The number of carbonyl (C=O) groups excluding carboxylic acids is 1. The molecule has 0 aliphatic carbocycles. The summed E-state index contributed by atoms with van der Waals surface area (Å²) in [5.74, 6) is 0.117. The molecule has 0 unspecified atom stereocenters. The number of benzene rings is 2. The van der Waals surface area contributed by atoms with Gasteiger partial charge in [-0.1, -0.05) is 42.5 Å². The maximum absolute atomic E-state index is 12.4. The van der Waals surface area contributed by atoms with E-state index in [0.29, 0.717) is 31.5 Å². The van der Waals surface area contributed by atoms with Crippen molar-refractivity contribution in [3.05, 3.63) is 93.2 Å². The fraction of sp³-hybridized carbons (Fsp3) is 0.320. The molecule has 0 saturated heterocycles. The number of carbonyl (C=O) groups is 1. The largest absolute Gasteiger partial charge is 1.00 e. The molecule has 2 aromatic carbocycles. The Morgan fingerprint density at radius 1 is 1.09 bits per heavy atom. The summed E-state index contributed by atoms with van der Waals surface area (Å²) in [6.45, 7) is 2.47. The van der Waals surface area contributed by atoms with Gasteiger partial charge < -0.3 is 33.5 Å². The van der Waals surface area contributed by atoms with Gasteiger partial charge in [0.25, 0.3) is 11.5 Å². The molecule has 1 amide bonds. The summed E-state index contributed by atoms with van der Waals surface area (Å²) in [6.07, 6.45) is 3.37. The Morgan fingerprint density at radius 3 is 2.48 bits per heavy atom. The van der Waals surface area contributed by atoms with E-state index in [0.717, 1.165) is 35.4 Å². The molecule has 33 heavy (non-hydrogen) atoms. The number of rotatable bonds is 10. The second-order valence-electron chi connectivity index (χ2n) is 8.05. The van der Waals surface area contributed by atoms with Gasteiger partial charge in [0, 0.05) is 25.1 Å². The first-order valence-electron chi connectivity index (χ1n) is 10.9. The lowest BCUT2D eigenvalue weighted by Crippen LogP contribution is -3.00. The molecule has 0 aliphatic heterocycles. The first kappa shape index (κ1) is 26.1. The molecule has 1 aromatic heterocycles. The molecule has 176 valence electrons. The van der Waals surface area contributed by atoms with E-state index in [4.69, 9.17) is 0 Å². The summed E-state index contributed by atoms with van der Waals surface area (Å²) < 4.78 is 0. The zero-order valence-electron chi connectivity index (χ0n) is 18.8. The van der Waals surface area contributed by atoms with Gasteiger partial charge in [0.2, 0.25) is 0 Å². The molecule has 7 nitrogen and oxygen atoms in total. The lowest BCUT2D eigenvalue weighted by Gasteiger charge is -2.11. The number of unbranched alkanes of at least 4 members (excludes halogenated alkanes) is 1. The van der Waals surface area contributed by atoms with Crippen molar-refractivity contribution in [2.24, 2.45) is 0 Å². The predicted octanol–water partition coefficient (Wildman–Crippen LogP) is -1.33. The normalized spacial score (nSPS) is 11.5. The molecule has 0 saturated carbocycles. The lowest BCUT2D eigenvalue weighted by molar-refractivity contribution is -0.403. The Morgan fingerprint density at radius 2 is 1.79 bits per heavy atom. The van der Waals surface area contributed by atoms with E-state index >= 15 is 0 Å². The monoisotopic (exact) mass is 470 g/mol. The Hall–Kier alpha value is -3.16. The number of phenols is 1. The van der Waals surface area contributed by atoms with Crippen LogP contribution in [0.4, 0.5) is 0 Å². The van der Waals surface area contributed by atoms with E-state index < -0.39 is 0 Å². The number of nitrogens with zero attached hydrogens (tertiary/aromatic N) is 1. The minimum atomic E-state index is -0.389. The summed E-state index contributed by atoms with van der Waals surface area (Å²) in [4.78, 5) is 32.2. The van der Waals surface area contributed by atoms with E-state index in [9.17, 15) is 14.7 Å². The molecular weight excluding hydrogens is 440 g/mol. The fourth-order valence-electron chi connectivity index (χ4n) is 3.56. The van der Waals surface area contributed by atoms with E-state index in [1.807, 2.05) is 37.3 Å². The van der Waals surface area contributed by atoms with E-state index in [1.54, 1.807) is 24.3 Å². The smallest absolute Gasteiger partial charge is 0.278 e. The van der Waals surface area contributed by atoms with Crippen LogP contribution in [0.2, 0.25) is 0 Å². The number of aryl methyl sites for hydroxylation is 2. The van der Waals surface area contributed by atoms with Crippen LogP contribution in [0.25, 0.3) is 0 Å². The molecule has 0 fully saturated rings. The highest BCUT2D eigenvalue weighted by molar-refractivity contribution is 5.80. The molecule has 1 heterocycles. The number of amides is 1. The maximum Gasteiger partial charge on any atom is 0.278 e. The molecular formula is C25H31ClN4O3. The molecule has 6 N–H and O–H groups in total. The highest BCUT2D eigenvalue weighted by atomic mass is 35.5. The van der Waals surface area contributed by atoms with Crippen LogP contribution in [0.15, 0.2) is 59.4 Å². The third kappa shape index (κ3) is 8.04. The quantitative estimate of drug-likeness (QED) is 0.274. The van der Waals surface area contributed by atoms with Gasteiger partial charge in [0.05, 0.1) is 5.69 Å². The van der Waals surface area contributed by atoms with Gasteiger partial charge in [-0.2, -0.15) is 0 Å². The summed E-state index contributed by atoms with van der Waals surface area (Å²) in [5.41, 5.74) is 8.03. The van der Waals surface area contributed by atoms with Gasteiger partial charge in [-0.15, -0.1) is 0 Å². The van der Waals surface area contributed by atoms with Crippen molar-refractivity contribution >= 4 is 5.91 Å². The van der Waals surface area contributed by atoms with E-state index in [1.165, 1.54) is 0 Å². The maximum atomic E-state index is 12.4. The number of hydrogen-bond donors (Lipinski definition) is 4. The average Bonchev–Trinajstić information content (AvgIpc) is 2.78. The van der Waals surface area contributed by atoms with Gasteiger partial charge in [-0.05, 0) is 49.4 Å². The number of aromatic hydroxyl groups is 1. The van der Waals surface area contributed by atoms with Crippen LogP contribution in [0.5, 0.6) is 5.75 Å². The topological polar surface area (TPSA) is 123 Å². The number of quaternary nitrogens is 1. The number of aromatic nitrogens is 2. The van der Waals surface area contributed by atoms with Crippen LogP contribution in [0, 0.1) is 6.92 Å². The number of aromatic amines is 1. The number of nitrogens with one attached hydrogen (secondary N) is 2. The van der Waals surface area contributed by atoms with Crippen LogP contribution < -0.4 is 29.0 Å². The highest BCUT2D eigenvalue weighted by Gasteiger charge is 2.17. The summed E-state index contributed by atoms with van der Waals surface area (Å²) in [7, 11) is 0. The molecule has 0 aliphatic rings. The summed E-state index contributed by atoms with van der Waals surface area (Å²) in [6, 6.07) is 16.2. The minimum absolute atomic E-state index is 0. The SMILES string of the molecule is Cc1nc(Cc2ccccc2)c(=O)[nH]c1CCCCNC(=O)[C@@H]([NH3+])Cc1ccc(O)cc1.[Cl-]. The van der Waals surface area contributed by atoms with Crippen LogP contribution in [-0.4, -0.2) is 33.6 Å². The Labute approximate surface area is 199 Å². The molecule has 3 aromatic rings. The summed E-state index contributed by atoms with van der Waals surface area (Å²) in [5, 5.41) is 12.3. The van der Waals surface area contributed by atoms with Crippen molar-refractivity contribution in [2.75, 3.05) is 6.54 Å². The molecule has 0 bridgehead atoms. The van der Waals surface area contributed by atoms with Gasteiger partial charge in [0.15, 0.2) is 6.04 Å². The molecule has 8 heteroatoms. The van der Waals surface area contributed by atoms with Gasteiger partial charge in [-0.3, -0.25) is 14.6 Å². The van der Waals surface area contributed by atoms with Gasteiger partial charge in [-0.25, -0.2) is 0 Å². The van der Waals surface area contributed by atoms with E-state index in [2.05, 4.69) is 21.0 Å². The van der Waals surface area contributed by atoms with Gasteiger partial charge >= 0.3 is 0 Å². The Balaban J connectivity index is 0.00000385. The number of halogens is 1. The fourth-order valence-corrected chi connectivity index (χ4v) is 3.56. The second-order valence-corrected chi connectivity index (χ2v) is 8.05. The molecule has 0 radical (unpaired) electrons. The number of phenolic OH excluding ortho intramolecular Hbond substituents is 1. The minimum Gasteiger partial charge on any atom is -1.00 e. The molecule has 0 spiro atoms. The number of H-pyrrole nitrogens is 1. The zero-order valence-corrected chi connectivity index (χ0v) is 19.6. The Kier molecular flexibility index (Phi) is 10.1. The van der Waals surface area contributed by atoms with E-state index in [-0.39, 0.29) is 35.7 Å². The lowest BCUT2D eigenvalue weighted by atomic mass is 10.1. The van der Waals surface area contributed by atoms with Crippen LogP contribution in [0.3, 0.4) is 0 Å². The first-order chi connectivity index (χ1) is 15.4. The van der Waals surface area contributed by atoms with Crippen LogP contribution >= 0.6 is 0 Å². The molecule has 1 atom stereocenters. The van der Waals surface area contributed by atoms with Crippen molar-refractivity contribution in [2.45, 2.75) is 45.1 Å².